The summed E-state index contributed by atoms with van der Waals surface area (Å²) in [5.41, 5.74) is 4.86. The SMILES string of the molecule is CCc1ccc(-n2nc3ccc(NC(=O)c4cccc(OCC(C)C)c4)cc3n2)cc1. The summed E-state index contributed by atoms with van der Waals surface area (Å²) in [7, 11) is 0. The van der Waals surface area contributed by atoms with E-state index in [-0.39, 0.29) is 5.91 Å². The molecule has 0 aliphatic heterocycles. The largest absolute Gasteiger partial charge is 0.493 e. The molecule has 0 saturated carbocycles. The lowest BCUT2D eigenvalue weighted by molar-refractivity contribution is 0.102. The zero-order valence-corrected chi connectivity index (χ0v) is 18.0. The van der Waals surface area contributed by atoms with Crippen LogP contribution in [0.1, 0.15) is 36.7 Å². The van der Waals surface area contributed by atoms with E-state index in [1.165, 1.54) is 5.56 Å². The Balaban J connectivity index is 1.51. The molecule has 31 heavy (non-hydrogen) atoms. The summed E-state index contributed by atoms with van der Waals surface area (Å²) in [4.78, 5) is 14.3. The minimum Gasteiger partial charge on any atom is -0.493 e. The van der Waals surface area contributed by atoms with Crippen molar-refractivity contribution >= 4 is 22.6 Å². The van der Waals surface area contributed by atoms with Gasteiger partial charge in [0.25, 0.3) is 5.91 Å². The zero-order valence-electron chi connectivity index (χ0n) is 18.0. The second-order valence-corrected chi connectivity index (χ2v) is 7.90. The molecule has 0 aliphatic carbocycles. The molecule has 6 heteroatoms. The van der Waals surface area contributed by atoms with Crippen LogP contribution in [0.3, 0.4) is 0 Å². The zero-order chi connectivity index (χ0) is 21.8. The van der Waals surface area contributed by atoms with Crippen molar-refractivity contribution in [3.63, 3.8) is 0 Å². The topological polar surface area (TPSA) is 69.0 Å². The third-order valence-corrected chi connectivity index (χ3v) is 4.89. The van der Waals surface area contributed by atoms with Crippen molar-refractivity contribution in [3.05, 3.63) is 77.9 Å². The summed E-state index contributed by atoms with van der Waals surface area (Å²) in [6, 6.07) is 20.9. The Hall–Kier alpha value is -3.67. The van der Waals surface area contributed by atoms with Crippen molar-refractivity contribution in [1.82, 2.24) is 15.0 Å². The molecule has 0 radical (unpaired) electrons. The quantitative estimate of drug-likeness (QED) is 0.447. The lowest BCUT2D eigenvalue weighted by Gasteiger charge is -2.10. The number of amides is 1. The first-order chi connectivity index (χ1) is 15.0. The number of benzene rings is 3. The maximum absolute atomic E-state index is 12.7. The van der Waals surface area contributed by atoms with Crippen LogP contribution >= 0.6 is 0 Å². The lowest BCUT2D eigenvalue weighted by atomic mass is 10.2. The summed E-state index contributed by atoms with van der Waals surface area (Å²) in [6.45, 7) is 6.91. The van der Waals surface area contributed by atoms with Crippen LogP contribution in [-0.4, -0.2) is 27.5 Å². The van der Waals surface area contributed by atoms with E-state index in [1.807, 2.05) is 42.5 Å². The highest BCUT2D eigenvalue weighted by molar-refractivity contribution is 6.05. The van der Waals surface area contributed by atoms with Crippen LogP contribution in [0.5, 0.6) is 5.75 Å². The lowest BCUT2D eigenvalue weighted by Crippen LogP contribution is -2.12. The van der Waals surface area contributed by atoms with Gasteiger partial charge in [0, 0.05) is 11.3 Å². The number of hydrogen-bond donors (Lipinski definition) is 1. The van der Waals surface area contributed by atoms with Crippen molar-refractivity contribution in [2.24, 2.45) is 5.92 Å². The molecule has 158 valence electrons. The molecule has 0 bridgehead atoms. The fraction of sp³-hybridized carbons (Fsp3) is 0.240. The van der Waals surface area contributed by atoms with Gasteiger partial charge in [0.2, 0.25) is 0 Å². The highest BCUT2D eigenvalue weighted by Crippen LogP contribution is 2.20. The van der Waals surface area contributed by atoms with Crippen LogP contribution in [0.15, 0.2) is 66.7 Å². The first-order valence-corrected chi connectivity index (χ1v) is 10.5. The minimum absolute atomic E-state index is 0.197. The Morgan fingerprint density at radius 1 is 1.00 bits per heavy atom. The van der Waals surface area contributed by atoms with Crippen LogP contribution in [0.4, 0.5) is 5.69 Å². The van der Waals surface area contributed by atoms with Crippen molar-refractivity contribution in [1.29, 1.82) is 0 Å². The second kappa shape index (κ2) is 9.00. The van der Waals surface area contributed by atoms with E-state index >= 15 is 0 Å². The smallest absolute Gasteiger partial charge is 0.255 e. The maximum Gasteiger partial charge on any atom is 0.255 e. The van der Waals surface area contributed by atoms with Gasteiger partial charge < -0.3 is 10.1 Å². The third kappa shape index (κ3) is 4.91. The number of aryl methyl sites for hydroxylation is 1. The number of aromatic nitrogens is 3. The summed E-state index contributed by atoms with van der Waals surface area (Å²) >= 11 is 0. The van der Waals surface area contributed by atoms with Crippen LogP contribution in [0, 0.1) is 5.92 Å². The average molecular weight is 415 g/mol. The summed E-state index contributed by atoms with van der Waals surface area (Å²) in [6.07, 6.45) is 0.991. The molecule has 1 aromatic heterocycles. The molecule has 1 amide bonds. The Labute approximate surface area is 181 Å². The van der Waals surface area contributed by atoms with E-state index in [1.54, 1.807) is 16.9 Å². The fourth-order valence-corrected chi connectivity index (χ4v) is 3.17. The number of hydrogen-bond acceptors (Lipinski definition) is 4. The summed E-state index contributed by atoms with van der Waals surface area (Å²) in [5, 5.41) is 12.0. The molecule has 6 nitrogen and oxygen atoms in total. The minimum atomic E-state index is -0.197. The van der Waals surface area contributed by atoms with Crippen molar-refractivity contribution in [2.75, 3.05) is 11.9 Å². The molecule has 0 atom stereocenters. The predicted octanol–water partition coefficient (Wildman–Crippen LogP) is 5.27. The second-order valence-electron chi connectivity index (χ2n) is 7.90. The average Bonchev–Trinajstić information content (AvgIpc) is 3.21. The van der Waals surface area contributed by atoms with E-state index in [0.717, 1.165) is 17.6 Å². The number of rotatable bonds is 7. The standard InChI is InChI=1S/C25H26N4O2/c1-4-18-8-11-21(12-9-18)29-27-23-13-10-20(15-24(23)28-29)26-25(30)19-6-5-7-22(14-19)31-16-17(2)3/h5-15,17H,4,16H2,1-3H3,(H,26,30). The molecule has 0 spiro atoms. The van der Waals surface area contributed by atoms with Crippen LogP contribution in [0.2, 0.25) is 0 Å². The number of fused-ring (bicyclic) bond motifs is 1. The van der Waals surface area contributed by atoms with E-state index in [4.69, 9.17) is 4.74 Å². The van der Waals surface area contributed by atoms with E-state index < -0.39 is 0 Å². The number of carbonyl (C=O) groups is 1. The molecule has 0 aliphatic rings. The van der Waals surface area contributed by atoms with E-state index in [9.17, 15) is 4.79 Å². The molecule has 4 rings (SSSR count). The number of anilines is 1. The Bertz CT molecular complexity index is 1200. The highest BCUT2D eigenvalue weighted by Gasteiger charge is 2.10. The molecule has 1 heterocycles. The van der Waals surface area contributed by atoms with Gasteiger partial charge in [-0.05, 0) is 66.4 Å². The number of ether oxygens (including phenoxy) is 1. The molecule has 1 N–H and O–H groups in total. The monoisotopic (exact) mass is 414 g/mol. The van der Waals surface area contributed by atoms with Crippen molar-refractivity contribution < 1.29 is 9.53 Å². The molecule has 3 aromatic carbocycles. The fourth-order valence-electron chi connectivity index (χ4n) is 3.17. The molecule has 4 aromatic rings. The molecule has 0 saturated heterocycles. The Morgan fingerprint density at radius 3 is 2.52 bits per heavy atom. The Morgan fingerprint density at radius 2 is 1.77 bits per heavy atom. The van der Waals surface area contributed by atoms with Gasteiger partial charge in [0.05, 0.1) is 12.3 Å². The van der Waals surface area contributed by atoms with Gasteiger partial charge in [-0.15, -0.1) is 10.2 Å². The van der Waals surface area contributed by atoms with Gasteiger partial charge in [-0.3, -0.25) is 4.79 Å². The van der Waals surface area contributed by atoms with Gasteiger partial charge in [-0.25, -0.2) is 0 Å². The third-order valence-electron chi connectivity index (χ3n) is 4.89. The van der Waals surface area contributed by atoms with Crippen molar-refractivity contribution in [3.8, 4) is 11.4 Å². The predicted molar refractivity (Wildman–Crippen MR) is 123 cm³/mol. The molecular weight excluding hydrogens is 388 g/mol. The van der Waals surface area contributed by atoms with Crippen molar-refractivity contribution in [2.45, 2.75) is 27.2 Å². The Kier molecular flexibility index (Phi) is 5.98. The van der Waals surface area contributed by atoms with E-state index in [0.29, 0.717) is 35.0 Å². The summed E-state index contributed by atoms with van der Waals surface area (Å²) < 4.78 is 5.72. The van der Waals surface area contributed by atoms with Crippen LogP contribution in [0.25, 0.3) is 16.7 Å². The molecule has 0 fully saturated rings. The first-order valence-electron chi connectivity index (χ1n) is 10.5. The van der Waals surface area contributed by atoms with Gasteiger partial charge in [-0.1, -0.05) is 39.0 Å². The first kappa shape index (κ1) is 20.6. The maximum atomic E-state index is 12.7. The number of carbonyl (C=O) groups excluding carboxylic acids is 1. The van der Waals surface area contributed by atoms with Gasteiger partial charge in [0.1, 0.15) is 16.8 Å². The number of nitrogens with one attached hydrogen (secondary N) is 1. The molecule has 0 unspecified atom stereocenters. The normalized spacial score (nSPS) is 11.1. The number of nitrogens with zero attached hydrogens (tertiary/aromatic N) is 3. The van der Waals surface area contributed by atoms with Gasteiger partial charge >= 0.3 is 0 Å². The summed E-state index contributed by atoms with van der Waals surface area (Å²) in [5.74, 6) is 0.910. The van der Waals surface area contributed by atoms with Crippen LogP contribution < -0.4 is 10.1 Å². The van der Waals surface area contributed by atoms with Crippen LogP contribution in [-0.2, 0) is 6.42 Å². The van der Waals surface area contributed by atoms with Gasteiger partial charge in [-0.2, -0.15) is 4.80 Å². The highest BCUT2D eigenvalue weighted by atomic mass is 16.5. The molecular formula is C25H26N4O2. The van der Waals surface area contributed by atoms with E-state index in [2.05, 4.69) is 48.4 Å². The van der Waals surface area contributed by atoms with Gasteiger partial charge in [0.15, 0.2) is 0 Å².